The SMILES string of the molecule is C=C(C)CNC(=O)c1ccnc(C(=O)O)c1. The standard InChI is InChI=1S/C11H12N2O3/c1-7(2)6-13-10(14)8-3-4-12-9(5-8)11(15)16/h3-5H,1,6H2,2H3,(H,13,14)(H,15,16). The van der Waals surface area contributed by atoms with Gasteiger partial charge in [-0.15, -0.1) is 0 Å². The fraction of sp³-hybridized carbons (Fsp3) is 0.182. The van der Waals surface area contributed by atoms with Crippen molar-refractivity contribution in [2.75, 3.05) is 6.54 Å². The van der Waals surface area contributed by atoms with Crippen molar-refractivity contribution in [1.82, 2.24) is 10.3 Å². The molecule has 0 unspecified atom stereocenters. The highest BCUT2D eigenvalue weighted by molar-refractivity contribution is 5.96. The Hall–Kier alpha value is -2.17. The van der Waals surface area contributed by atoms with Crippen molar-refractivity contribution in [2.24, 2.45) is 0 Å². The van der Waals surface area contributed by atoms with E-state index in [1.165, 1.54) is 18.3 Å². The summed E-state index contributed by atoms with van der Waals surface area (Å²) in [4.78, 5) is 25.8. The maximum atomic E-state index is 11.6. The Labute approximate surface area is 92.8 Å². The number of carboxylic acids is 1. The van der Waals surface area contributed by atoms with Gasteiger partial charge in [0.1, 0.15) is 5.69 Å². The van der Waals surface area contributed by atoms with Crippen molar-refractivity contribution in [2.45, 2.75) is 6.92 Å². The number of aromatic carboxylic acids is 1. The number of pyridine rings is 1. The molecule has 1 heterocycles. The minimum absolute atomic E-state index is 0.150. The zero-order valence-electron chi connectivity index (χ0n) is 8.86. The average molecular weight is 220 g/mol. The molecule has 0 saturated carbocycles. The Morgan fingerprint density at radius 1 is 1.56 bits per heavy atom. The molecule has 0 spiro atoms. The highest BCUT2D eigenvalue weighted by atomic mass is 16.4. The van der Waals surface area contributed by atoms with Crippen molar-refractivity contribution < 1.29 is 14.7 Å². The smallest absolute Gasteiger partial charge is 0.354 e. The minimum Gasteiger partial charge on any atom is -0.477 e. The lowest BCUT2D eigenvalue weighted by Crippen LogP contribution is -2.25. The van der Waals surface area contributed by atoms with Gasteiger partial charge in [-0.05, 0) is 19.1 Å². The molecule has 5 nitrogen and oxygen atoms in total. The molecule has 1 aromatic heterocycles. The molecule has 0 fully saturated rings. The van der Waals surface area contributed by atoms with E-state index >= 15 is 0 Å². The first-order chi connectivity index (χ1) is 7.50. The molecule has 0 aliphatic heterocycles. The van der Waals surface area contributed by atoms with Crippen LogP contribution >= 0.6 is 0 Å². The molecule has 2 N–H and O–H groups in total. The number of amides is 1. The van der Waals surface area contributed by atoms with Gasteiger partial charge in [-0.1, -0.05) is 12.2 Å². The monoisotopic (exact) mass is 220 g/mol. The number of rotatable bonds is 4. The van der Waals surface area contributed by atoms with Gasteiger partial charge in [0.25, 0.3) is 5.91 Å². The Morgan fingerprint density at radius 2 is 2.25 bits per heavy atom. The number of carbonyl (C=O) groups excluding carboxylic acids is 1. The molecule has 1 rings (SSSR count). The number of hydrogen-bond donors (Lipinski definition) is 2. The summed E-state index contributed by atoms with van der Waals surface area (Å²) in [6, 6.07) is 2.69. The third-order valence-electron chi connectivity index (χ3n) is 1.79. The van der Waals surface area contributed by atoms with E-state index in [0.29, 0.717) is 6.54 Å². The maximum Gasteiger partial charge on any atom is 0.354 e. The van der Waals surface area contributed by atoms with Crippen molar-refractivity contribution in [3.63, 3.8) is 0 Å². The van der Waals surface area contributed by atoms with Crippen molar-refractivity contribution in [1.29, 1.82) is 0 Å². The van der Waals surface area contributed by atoms with Crippen molar-refractivity contribution in [3.8, 4) is 0 Å². The van der Waals surface area contributed by atoms with Crippen LogP contribution < -0.4 is 5.32 Å². The minimum atomic E-state index is -1.16. The van der Waals surface area contributed by atoms with E-state index in [4.69, 9.17) is 5.11 Å². The summed E-state index contributed by atoms with van der Waals surface area (Å²) in [6.07, 6.45) is 1.29. The second-order valence-corrected chi connectivity index (χ2v) is 3.37. The molecule has 0 radical (unpaired) electrons. The normalized spacial score (nSPS) is 9.56. The van der Waals surface area contributed by atoms with Gasteiger partial charge in [0.05, 0.1) is 0 Å². The molecule has 0 aromatic carbocycles. The molecule has 0 bridgehead atoms. The first-order valence-corrected chi connectivity index (χ1v) is 4.62. The van der Waals surface area contributed by atoms with Gasteiger partial charge in [-0.3, -0.25) is 4.79 Å². The molecular weight excluding hydrogens is 208 g/mol. The molecule has 5 heteroatoms. The lowest BCUT2D eigenvalue weighted by Gasteiger charge is -2.04. The summed E-state index contributed by atoms with van der Waals surface area (Å²) >= 11 is 0. The maximum absolute atomic E-state index is 11.6. The summed E-state index contributed by atoms with van der Waals surface area (Å²) in [6.45, 7) is 5.80. The van der Waals surface area contributed by atoms with Crippen LogP contribution in [-0.4, -0.2) is 28.5 Å². The highest BCUT2D eigenvalue weighted by Gasteiger charge is 2.09. The predicted molar refractivity (Wildman–Crippen MR) is 58.3 cm³/mol. The van der Waals surface area contributed by atoms with Crippen LogP contribution in [0.5, 0.6) is 0 Å². The molecule has 1 amide bonds. The summed E-state index contributed by atoms with van der Waals surface area (Å²) < 4.78 is 0. The summed E-state index contributed by atoms with van der Waals surface area (Å²) in [5, 5.41) is 11.3. The first-order valence-electron chi connectivity index (χ1n) is 4.62. The number of nitrogens with one attached hydrogen (secondary N) is 1. The van der Waals surface area contributed by atoms with Gasteiger partial charge in [0, 0.05) is 18.3 Å². The number of carboxylic acid groups (broad SMARTS) is 1. The van der Waals surface area contributed by atoms with Gasteiger partial charge in [-0.2, -0.15) is 0 Å². The fourth-order valence-corrected chi connectivity index (χ4v) is 1.02. The third kappa shape index (κ3) is 3.20. The zero-order chi connectivity index (χ0) is 12.1. The van der Waals surface area contributed by atoms with E-state index < -0.39 is 5.97 Å². The zero-order valence-corrected chi connectivity index (χ0v) is 8.86. The summed E-state index contributed by atoms with van der Waals surface area (Å²) in [5.41, 5.74) is 0.942. The molecule has 16 heavy (non-hydrogen) atoms. The summed E-state index contributed by atoms with van der Waals surface area (Å²) in [7, 11) is 0. The lowest BCUT2D eigenvalue weighted by molar-refractivity contribution is 0.0690. The van der Waals surface area contributed by atoms with Gasteiger partial charge in [0.2, 0.25) is 0 Å². The van der Waals surface area contributed by atoms with Crippen LogP contribution in [0.25, 0.3) is 0 Å². The van der Waals surface area contributed by atoms with Crippen LogP contribution in [0.15, 0.2) is 30.5 Å². The van der Waals surface area contributed by atoms with Crippen molar-refractivity contribution in [3.05, 3.63) is 41.7 Å². The fourth-order valence-electron chi connectivity index (χ4n) is 1.02. The summed E-state index contributed by atoms with van der Waals surface area (Å²) in [5.74, 6) is -1.50. The Balaban J connectivity index is 2.79. The van der Waals surface area contributed by atoms with Gasteiger partial charge < -0.3 is 10.4 Å². The second-order valence-electron chi connectivity index (χ2n) is 3.37. The number of nitrogens with zero attached hydrogens (tertiary/aromatic N) is 1. The second kappa shape index (κ2) is 5.06. The molecule has 0 saturated heterocycles. The predicted octanol–water partition coefficient (Wildman–Crippen LogP) is 1.09. The Kier molecular flexibility index (Phi) is 3.77. The van der Waals surface area contributed by atoms with Gasteiger partial charge >= 0.3 is 5.97 Å². The van der Waals surface area contributed by atoms with Crippen LogP contribution in [0.3, 0.4) is 0 Å². The topological polar surface area (TPSA) is 79.3 Å². The van der Waals surface area contributed by atoms with E-state index in [1.54, 1.807) is 6.92 Å². The van der Waals surface area contributed by atoms with E-state index in [1.807, 2.05) is 0 Å². The molecule has 0 aliphatic carbocycles. The third-order valence-corrected chi connectivity index (χ3v) is 1.79. The molecule has 0 aliphatic rings. The van der Waals surface area contributed by atoms with Crippen molar-refractivity contribution >= 4 is 11.9 Å². The van der Waals surface area contributed by atoms with E-state index in [9.17, 15) is 9.59 Å². The number of carbonyl (C=O) groups is 2. The van der Waals surface area contributed by atoms with E-state index in [0.717, 1.165) is 5.57 Å². The average Bonchev–Trinajstić information content (AvgIpc) is 2.26. The molecule has 84 valence electrons. The van der Waals surface area contributed by atoms with E-state index in [2.05, 4.69) is 16.9 Å². The Morgan fingerprint density at radius 3 is 2.81 bits per heavy atom. The lowest BCUT2D eigenvalue weighted by atomic mass is 10.2. The van der Waals surface area contributed by atoms with Crippen LogP contribution in [0, 0.1) is 0 Å². The number of aromatic nitrogens is 1. The quantitative estimate of drug-likeness (QED) is 0.744. The largest absolute Gasteiger partial charge is 0.477 e. The van der Waals surface area contributed by atoms with Crippen LogP contribution in [0.1, 0.15) is 27.8 Å². The first kappa shape index (κ1) is 11.9. The van der Waals surface area contributed by atoms with Gasteiger partial charge in [0.15, 0.2) is 0 Å². The van der Waals surface area contributed by atoms with Crippen LogP contribution in [-0.2, 0) is 0 Å². The highest BCUT2D eigenvalue weighted by Crippen LogP contribution is 2.02. The molecule has 0 atom stereocenters. The van der Waals surface area contributed by atoms with E-state index in [-0.39, 0.29) is 17.2 Å². The van der Waals surface area contributed by atoms with Gasteiger partial charge in [-0.25, -0.2) is 9.78 Å². The molecule has 1 aromatic rings. The molecular formula is C11H12N2O3. The Bertz CT molecular complexity index is 441. The van der Waals surface area contributed by atoms with Crippen LogP contribution in [0.4, 0.5) is 0 Å². The number of hydrogen-bond acceptors (Lipinski definition) is 3. The van der Waals surface area contributed by atoms with Crippen LogP contribution in [0.2, 0.25) is 0 Å².